The maximum atomic E-state index is 15.0. The van der Waals surface area contributed by atoms with Crippen LogP contribution >= 0.6 is 0 Å². The molecule has 0 atom stereocenters. The van der Waals surface area contributed by atoms with Crippen LogP contribution in [0.5, 0.6) is 0 Å². The predicted molar refractivity (Wildman–Crippen MR) is 167 cm³/mol. The first-order valence-corrected chi connectivity index (χ1v) is 14.2. The van der Waals surface area contributed by atoms with Crippen molar-refractivity contribution in [1.29, 1.82) is 0 Å². The Balaban J connectivity index is 1.59. The summed E-state index contributed by atoms with van der Waals surface area (Å²) >= 11 is 0. The lowest BCUT2D eigenvalue weighted by Crippen LogP contribution is -2.23. The highest BCUT2D eigenvalue weighted by Crippen LogP contribution is 2.38. The molecular formula is C37H29F3N4. The summed E-state index contributed by atoms with van der Waals surface area (Å²) in [5, 5.41) is 0. The monoisotopic (exact) mass is 586 g/mol. The third kappa shape index (κ3) is 5.61. The van der Waals surface area contributed by atoms with Crippen LogP contribution in [0.15, 0.2) is 103 Å². The van der Waals surface area contributed by atoms with Gasteiger partial charge in [-0.1, -0.05) is 48.5 Å². The number of rotatable bonds is 6. The lowest BCUT2D eigenvalue weighted by molar-refractivity contribution is 0.514. The van der Waals surface area contributed by atoms with Gasteiger partial charge in [-0.05, 0) is 110 Å². The molecule has 0 amide bonds. The van der Waals surface area contributed by atoms with Gasteiger partial charge >= 0.3 is 0 Å². The second kappa shape index (κ2) is 11.5. The normalized spacial score (nSPS) is 11.5. The lowest BCUT2D eigenvalue weighted by atomic mass is 9.81. The molecule has 0 aliphatic rings. The van der Waals surface area contributed by atoms with Gasteiger partial charge in [0.25, 0.3) is 0 Å². The average molecular weight is 587 g/mol. The lowest BCUT2D eigenvalue weighted by Gasteiger charge is -2.27. The second-order valence-electron chi connectivity index (χ2n) is 11.3. The molecule has 0 unspecified atom stereocenters. The van der Waals surface area contributed by atoms with Gasteiger partial charge in [0.15, 0.2) is 0 Å². The summed E-state index contributed by atoms with van der Waals surface area (Å²) in [7, 11) is 0. The zero-order valence-electron chi connectivity index (χ0n) is 24.7. The third-order valence-corrected chi connectivity index (χ3v) is 7.96. The van der Waals surface area contributed by atoms with Crippen LogP contribution in [0, 0.1) is 31.7 Å². The minimum absolute atomic E-state index is 0.0959. The van der Waals surface area contributed by atoms with Gasteiger partial charge in [-0.25, -0.2) is 4.98 Å². The van der Waals surface area contributed by atoms with Crippen molar-refractivity contribution in [3.8, 4) is 44.8 Å². The molecule has 4 heterocycles. The van der Waals surface area contributed by atoms with E-state index in [9.17, 15) is 8.78 Å². The van der Waals surface area contributed by atoms with Gasteiger partial charge < -0.3 is 0 Å². The fourth-order valence-electron chi connectivity index (χ4n) is 5.35. The summed E-state index contributed by atoms with van der Waals surface area (Å²) in [6.45, 7) is 8.08. The summed E-state index contributed by atoms with van der Waals surface area (Å²) in [5.41, 5.74) is 8.16. The summed E-state index contributed by atoms with van der Waals surface area (Å²) in [6, 6.07) is 29.2. The van der Waals surface area contributed by atoms with Gasteiger partial charge in [0.1, 0.15) is 0 Å². The van der Waals surface area contributed by atoms with Crippen molar-refractivity contribution < 1.29 is 13.2 Å². The highest BCUT2D eigenvalue weighted by molar-refractivity contribution is 5.75. The summed E-state index contributed by atoms with van der Waals surface area (Å²) < 4.78 is 42.5. The standard InChI is InChI=1S/C37H29F3N4/c1-22-9-5-7-11-27(22)25-17-30(24-13-15-34(38)41-21-24)42-32(19-25)37(3,4)33-20-26(28-12-8-6-10-23(28)2)18-31(43-33)29-14-16-35(39)44-36(29)40/h5-21H,1-4H3. The minimum Gasteiger partial charge on any atom is -0.252 e. The first-order chi connectivity index (χ1) is 21.1. The molecule has 0 saturated carbocycles. The molecule has 44 heavy (non-hydrogen) atoms. The van der Waals surface area contributed by atoms with E-state index in [1.54, 1.807) is 12.1 Å². The summed E-state index contributed by atoms with van der Waals surface area (Å²) in [6.07, 6.45) is 1.47. The van der Waals surface area contributed by atoms with Crippen LogP contribution in [0.2, 0.25) is 0 Å². The smallest absolute Gasteiger partial charge is 0.224 e. The van der Waals surface area contributed by atoms with Crippen molar-refractivity contribution >= 4 is 0 Å². The third-order valence-electron chi connectivity index (χ3n) is 7.96. The van der Waals surface area contributed by atoms with E-state index in [-0.39, 0.29) is 5.56 Å². The molecule has 0 bridgehead atoms. The maximum absolute atomic E-state index is 15.0. The maximum Gasteiger partial charge on any atom is 0.224 e. The van der Waals surface area contributed by atoms with Crippen LogP contribution < -0.4 is 0 Å². The van der Waals surface area contributed by atoms with Crippen LogP contribution in [0.1, 0.15) is 36.4 Å². The Kier molecular flexibility index (Phi) is 7.55. The van der Waals surface area contributed by atoms with Gasteiger partial charge in [0.2, 0.25) is 17.8 Å². The Bertz CT molecular complexity index is 2000. The molecule has 4 aromatic heterocycles. The van der Waals surface area contributed by atoms with Crippen molar-refractivity contribution in [2.45, 2.75) is 33.1 Å². The van der Waals surface area contributed by atoms with Crippen molar-refractivity contribution in [3.63, 3.8) is 0 Å². The van der Waals surface area contributed by atoms with Gasteiger partial charge in [-0.3, -0.25) is 9.97 Å². The molecule has 0 N–H and O–H groups in total. The molecule has 2 aromatic carbocycles. The molecule has 0 fully saturated rings. The van der Waals surface area contributed by atoms with Crippen molar-refractivity contribution in [1.82, 2.24) is 19.9 Å². The number of halogens is 3. The molecule has 6 aromatic rings. The first-order valence-electron chi connectivity index (χ1n) is 14.2. The Morgan fingerprint density at radius 2 is 1.07 bits per heavy atom. The number of hydrogen-bond donors (Lipinski definition) is 0. The van der Waals surface area contributed by atoms with Gasteiger partial charge in [-0.15, -0.1) is 0 Å². The van der Waals surface area contributed by atoms with Crippen molar-refractivity contribution in [3.05, 3.63) is 144 Å². The molecular weight excluding hydrogens is 557 g/mol. The Hall–Kier alpha value is -5.17. The van der Waals surface area contributed by atoms with E-state index < -0.39 is 23.3 Å². The van der Waals surface area contributed by atoms with Crippen LogP contribution in [-0.2, 0) is 5.41 Å². The number of aryl methyl sites for hydroxylation is 2. The number of nitrogens with zero attached hydrogens (tertiary/aromatic N) is 4. The highest BCUT2D eigenvalue weighted by Gasteiger charge is 2.30. The first kappa shape index (κ1) is 28.9. The molecule has 218 valence electrons. The number of benzene rings is 2. The van der Waals surface area contributed by atoms with Gasteiger partial charge in [0.05, 0.1) is 28.3 Å². The largest absolute Gasteiger partial charge is 0.252 e. The molecule has 6 rings (SSSR count). The number of aromatic nitrogens is 4. The van der Waals surface area contributed by atoms with Crippen molar-refractivity contribution in [2.75, 3.05) is 0 Å². The Morgan fingerprint density at radius 3 is 1.61 bits per heavy atom. The highest BCUT2D eigenvalue weighted by atomic mass is 19.1. The molecule has 7 heteroatoms. The molecule has 0 spiro atoms. The van der Waals surface area contributed by atoms with E-state index in [0.717, 1.165) is 39.4 Å². The molecule has 0 radical (unpaired) electrons. The quantitative estimate of drug-likeness (QED) is 0.183. The fourth-order valence-corrected chi connectivity index (χ4v) is 5.35. The van der Waals surface area contributed by atoms with Crippen LogP contribution in [0.25, 0.3) is 44.8 Å². The topological polar surface area (TPSA) is 51.6 Å². The zero-order chi connectivity index (χ0) is 31.0. The Morgan fingerprint density at radius 1 is 0.523 bits per heavy atom. The number of pyridine rings is 4. The van der Waals surface area contributed by atoms with Gasteiger partial charge in [0, 0.05) is 17.2 Å². The van der Waals surface area contributed by atoms with E-state index in [1.807, 2.05) is 94.4 Å². The molecule has 0 aliphatic carbocycles. The molecule has 0 saturated heterocycles. The minimum atomic E-state index is -0.936. The van der Waals surface area contributed by atoms with E-state index >= 15 is 4.39 Å². The predicted octanol–water partition coefficient (Wildman–Crippen LogP) is 9.29. The SMILES string of the molecule is Cc1ccccc1-c1cc(-c2ccc(F)nc2)nc(C(C)(C)c2cc(-c3ccccc3C)cc(-c3ccc(F)nc3F)n2)c1. The van der Waals surface area contributed by atoms with E-state index in [4.69, 9.17) is 9.97 Å². The summed E-state index contributed by atoms with van der Waals surface area (Å²) in [4.78, 5) is 17.2. The fraction of sp³-hybridized carbons (Fsp3) is 0.135. The zero-order valence-corrected chi connectivity index (χ0v) is 24.7. The van der Waals surface area contributed by atoms with Crippen LogP contribution in [-0.4, -0.2) is 19.9 Å². The van der Waals surface area contributed by atoms with E-state index in [2.05, 4.69) is 9.97 Å². The number of hydrogen-bond acceptors (Lipinski definition) is 4. The second-order valence-corrected chi connectivity index (χ2v) is 11.3. The van der Waals surface area contributed by atoms with E-state index in [1.165, 1.54) is 18.3 Å². The van der Waals surface area contributed by atoms with Crippen LogP contribution in [0.4, 0.5) is 13.2 Å². The van der Waals surface area contributed by atoms with Crippen molar-refractivity contribution in [2.24, 2.45) is 0 Å². The Labute approximate surface area is 254 Å². The van der Waals surface area contributed by atoms with Crippen LogP contribution in [0.3, 0.4) is 0 Å². The summed E-state index contributed by atoms with van der Waals surface area (Å²) in [5.74, 6) is -2.41. The molecule has 4 nitrogen and oxygen atoms in total. The molecule has 0 aliphatic heterocycles. The van der Waals surface area contributed by atoms with E-state index in [0.29, 0.717) is 28.3 Å². The average Bonchev–Trinajstić information content (AvgIpc) is 3.01. The van der Waals surface area contributed by atoms with Gasteiger partial charge in [-0.2, -0.15) is 18.2 Å².